The number of hydrogen-bond donors (Lipinski definition) is 2. The standard InChI is InChI=1S/C18H20F3N3O/c19-18(20,21)12-6-7-14-15(8-9-22-16(14)10-12)23-11-17(25)24-13-4-2-1-3-5-13/h6-10,13H,1-5,11H2,(H,22,23)(H,24,25). The quantitative estimate of drug-likeness (QED) is 0.871. The Kier molecular flexibility index (Phi) is 5.11. The van der Waals surface area contributed by atoms with E-state index < -0.39 is 11.7 Å². The van der Waals surface area contributed by atoms with Gasteiger partial charge in [-0.15, -0.1) is 0 Å². The van der Waals surface area contributed by atoms with Crippen LogP contribution in [0.15, 0.2) is 30.5 Å². The minimum Gasteiger partial charge on any atom is -0.376 e. The van der Waals surface area contributed by atoms with Crippen LogP contribution >= 0.6 is 0 Å². The van der Waals surface area contributed by atoms with Gasteiger partial charge in [0.25, 0.3) is 0 Å². The summed E-state index contributed by atoms with van der Waals surface area (Å²) in [5, 5.41) is 6.56. The number of nitrogens with zero attached hydrogens (tertiary/aromatic N) is 1. The molecule has 25 heavy (non-hydrogen) atoms. The maximum Gasteiger partial charge on any atom is 0.416 e. The Morgan fingerprint density at radius 2 is 1.92 bits per heavy atom. The van der Waals surface area contributed by atoms with Crippen LogP contribution in [0.3, 0.4) is 0 Å². The van der Waals surface area contributed by atoms with Crippen molar-refractivity contribution in [2.45, 2.75) is 44.3 Å². The zero-order chi connectivity index (χ0) is 17.9. The van der Waals surface area contributed by atoms with E-state index in [-0.39, 0.29) is 24.0 Å². The highest BCUT2D eigenvalue weighted by molar-refractivity contribution is 5.93. The third-order valence-electron chi connectivity index (χ3n) is 4.48. The van der Waals surface area contributed by atoms with Gasteiger partial charge in [0.15, 0.2) is 0 Å². The Hall–Kier alpha value is -2.31. The van der Waals surface area contributed by atoms with E-state index in [9.17, 15) is 18.0 Å². The number of nitrogens with one attached hydrogen (secondary N) is 2. The van der Waals surface area contributed by atoms with E-state index in [0.717, 1.165) is 37.8 Å². The highest BCUT2D eigenvalue weighted by atomic mass is 19.4. The summed E-state index contributed by atoms with van der Waals surface area (Å²) in [6.07, 6.45) is 2.52. The van der Waals surface area contributed by atoms with Crippen molar-refractivity contribution >= 4 is 22.5 Å². The molecule has 1 aromatic heterocycles. The predicted molar refractivity (Wildman–Crippen MR) is 90.3 cm³/mol. The fourth-order valence-corrected chi connectivity index (χ4v) is 3.18. The van der Waals surface area contributed by atoms with Crippen LogP contribution < -0.4 is 10.6 Å². The van der Waals surface area contributed by atoms with Crippen LogP contribution in [0.4, 0.5) is 18.9 Å². The molecule has 0 aliphatic heterocycles. The normalized spacial score (nSPS) is 16.0. The topological polar surface area (TPSA) is 54.0 Å². The summed E-state index contributed by atoms with van der Waals surface area (Å²) in [4.78, 5) is 16.1. The van der Waals surface area contributed by atoms with Crippen molar-refractivity contribution in [3.05, 3.63) is 36.0 Å². The molecule has 1 heterocycles. The smallest absolute Gasteiger partial charge is 0.376 e. The lowest BCUT2D eigenvalue weighted by Gasteiger charge is -2.23. The summed E-state index contributed by atoms with van der Waals surface area (Å²) >= 11 is 0. The Labute approximate surface area is 143 Å². The molecule has 0 saturated heterocycles. The fraction of sp³-hybridized carbons (Fsp3) is 0.444. The maximum absolute atomic E-state index is 12.8. The number of pyridine rings is 1. The molecule has 0 bridgehead atoms. The van der Waals surface area contributed by atoms with Gasteiger partial charge >= 0.3 is 6.18 Å². The first-order valence-corrected chi connectivity index (χ1v) is 8.43. The molecule has 1 amide bonds. The van der Waals surface area contributed by atoms with E-state index in [4.69, 9.17) is 0 Å². The third-order valence-corrected chi connectivity index (χ3v) is 4.48. The van der Waals surface area contributed by atoms with Gasteiger partial charge < -0.3 is 10.6 Å². The summed E-state index contributed by atoms with van der Waals surface area (Å²) in [7, 11) is 0. The number of carbonyl (C=O) groups is 1. The highest BCUT2D eigenvalue weighted by Gasteiger charge is 2.30. The van der Waals surface area contributed by atoms with Crippen molar-refractivity contribution < 1.29 is 18.0 Å². The molecule has 134 valence electrons. The number of aromatic nitrogens is 1. The molecule has 4 nitrogen and oxygen atoms in total. The largest absolute Gasteiger partial charge is 0.416 e. The van der Waals surface area contributed by atoms with Gasteiger partial charge in [-0.05, 0) is 31.0 Å². The predicted octanol–water partition coefficient (Wildman–Crippen LogP) is 4.11. The number of hydrogen-bond acceptors (Lipinski definition) is 3. The Morgan fingerprint density at radius 3 is 2.64 bits per heavy atom. The number of alkyl halides is 3. The van der Waals surface area contributed by atoms with Gasteiger partial charge in [-0.2, -0.15) is 13.2 Å². The van der Waals surface area contributed by atoms with Gasteiger partial charge in [0.1, 0.15) is 0 Å². The first-order chi connectivity index (χ1) is 11.9. The van der Waals surface area contributed by atoms with Crippen LogP contribution in [-0.2, 0) is 11.0 Å². The molecule has 7 heteroatoms. The monoisotopic (exact) mass is 351 g/mol. The van der Waals surface area contributed by atoms with Crippen molar-refractivity contribution in [3.8, 4) is 0 Å². The van der Waals surface area contributed by atoms with E-state index in [1.165, 1.54) is 18.7 Å². The van der Waals surface area contributed by atoms with Crippen molar-refractivity contribution in [3.63, 3.8) is 0 Å². The van der Waals surface area contributed by atoms with E-state index in [1.54, 1.807) is 6.07 Å². The van der Waals surface area contributed by atoms with Crippen LogP contribution in [0.5, 0.6) is 0 Å². The van der Waals surface area contributed by atoms with Crippen LogP contribution in [-0.4, -0.2) is 23.5 Å². The van der Waals surface area contributed by atoms with Crippen LogP contribution in [0.25, 0.3) is 10.9 Å². The summed E-state index contributed by atoms with van der Waals surface area (Å²) in [5.74, 6) is -0.108. The first kappa shape index (κ1) is 17.5. The molecular formula is C18H20F3N3O. The molecule has 2 aromatic rings. The van der Waals surface area contributed by atoms with E-state index in [1.807, 2.05) is 0 Å². The van der Waals surface area contributed by atoms with Gasteiger partial charge in [0, 0.05) is 23.3 Å². The number of anilines is 1. The summed E-state index contributed by atoms with van der Waals surface area (Å²) < 4.78 is 38.4. The molecule has 0 unspecified atom stereocenters. The second-order valence-electron chi connectivity index (χ2n) is 6.34. The van der Waals surface area contributed by atoms with Gasteiger partial charge in [-0.25, -0.2) is 0 Å². The van der Waals surface area contributed by atoms with Gasteiger partial charge in [-0.3, -0.25) is 9.78 Å². The van der Waals surface area contributed by atoms with E-state index in [2.05, 4.69) is 15.6 Å². The number of carbonyl (C=O) groups excluding carboxylic acids is 1. The number of fused-ring (bicyclic) bond motifs is 1. The Morgan fingerprint density at radius 1 is 1.16 bits per heavy atom. The van der Waals surface area contributed by atoms with Crippen molar-refractivity contribution in [2.24, 2.45) is 0 Å². The molecule has 1 aliphatic rings. The summed E-state index contributed by atoms with van der Waals surface area (Å²) in [5.41, 5.74) is 0.102. The molecule has 1 saturated carbocycles. The third kappa shape index (κ3) is 4.41. The average molecular weight is 351 g/mol. The molecule has 0 atom stereocenters. The molecular weight excluding hydrogens is 331 g/mol. The van der Waals surface area contributed by atoms with Gasteiger partial charge in [0.2, 0.25) is 5.91 Å². The number of halogens is 3. The average Bonchev–Trinajstić information content (AvgIpc) is 2.59. The minimum atomic E-state index is -4.40. The number of amides is 1. The lowest BCUT2D eigenvalue weighted by Crippen LogP contribution is -2.39. The lowest BCUT2D eigenvalue weighted by molar-refractivity contribution is -0.137. The second kappa shape index (κ2) is 7.29. The molecule has 0 radical (unpaired) electrons. The first-order valence-electron chi connectivity index (χ1n) is 8.43. The fourth-order valence-electron chi connectivity index (χ4n) is 3.18. The lowest BCUT2D eigenvalue weighted by atomic mass is 9.95. The maximum atomic E-state index is 12.8. The summed E-state index contributed by atoms with van der Waals surface area (Å²) in [6.45, 7) is 0.0800. The molecule has 1 aliphatic carbocycles. The zero-order valence-corrected chi connectivity index (χ0v) is 13.7. The Balaban J connectivity index is 1.68. The van der Waals surface area contributed by atoms with E-state index >= 15 is 0 Å². The van der Waals surface area contributed by atoms with Crippen LogP contribution in [0.2, 0.25) is 0 Å². The molecule has 1 aromatic carbocycles. The van der Waals surface area contributed by atoms with Crippen molar-refractivity contribution in [2.75, 3.05) is 11.9 Å². The number of benzene rings is 1. The van der Waals surface area contributed by atoms with Gasteiger partial charge in [0.05, 0.1) is 17.6 Å². The highest BCUT2D eigenvalue weighted by Crippen LogP contribution is 2.32. The van der Waals surface area contributed by atoms with Crippen LogP contribution in [0.1, 0.15) is 37.7 Å². The molecule has 3 rings (SSSR count). The Bertz CT molecular complexity index is 755. The molecule has 2 N–H and O–H groups in total. The molecule has 0 spiro atoms. The minimum absolute atomic E-state index is 0.0800. The summed E-state index contributed by atoms with van der Waals surface area (Å²) in [6, 6.07) is 5.31. The SMILES string of the molecule is O=C(CNc1ccnc2cc(C(F)(F)F)ccc12)NC1CCCCC1. The number of rotatable bonds is 4. The molecule has 1 fully saturated rings. The van der Waals surface area contributed by atoms with Gasteiger partial charge in [-0.1, -0.05) is 25.3 Å². The second-order valence-corrected chi connectivity index (χ2v) is 6.34. The van der Waals surface area contributed by atoms with Crippen molar-refractivity contribution in [1.82, 2.24) is 10.3 Å². The van der Waals surface area contributed by atoms with E-state index in [0.29, 0.717) is 11.1 Å². The van der Waals surface area contributed by atoms with Crippen LogP contribution in [0, 0.1) is 0 Å². The zero-order valence-electron chi connectivity index (χ0n) is 13.7. The van der Waals surface area contributed by atoms with Crippen molar-refractivity contribution in [1.29, 1.82) is 0 Å².